The number of nitrogens with one attached hydrogen (secondary N) is 1. The van der Waals surface area contributed by atoms with Crippen LogP contribution in [0.25, 0.3) is 20.7 Å². The summed E-state index contributed by atoms with van der Waals surface area (Å²) in [5.74, 6) is -0.602. The number of nitrogens with zero attached hydrogens (tertiary/aromatic N) is 3. The molecule has 4 aromatic rings. The lowest BCUT2D eigenvalue weighted by Gasteiger charge is -2.11. The Kier molecular flexibility index (Phi) is 6.01. The minimum atomic E-state index is -0.768. The van der Waals surface area contributed by atoms with Crippen molar-refractivity contribution in [1.82, 2.24) is 19.5 Å². The molecular formula is C21H19N5O3S2. The van der Waals surface area contributed by atoms with Gasteiger partial charge in [0.05, 0.1) is 5.75 Å². The lowest BCUT2D eigenvalue weighted by molar-refractivity contribution is 0.102. The molecule has 3 aromatic heterocycles. The van der Waals surface area contributed by atoms with Crippen molar-refractivity contribution in [3.63, 3.8) is 0 Å². The second-order valence-electron chi connectivity index (χ2n) is 6.76. The first kappa shape index (κ1) is 21.0. The molecule has 0 radical (unpaired) electrons. The van der Waals surface area contributed by atoms with Gasteiger partial charge in [-0.25, -0.2) is 14.8 Å². The number of hydrogen-bond donors (Lipinski definition) is 2. The van der Waals surface area contributed by atoms with Gasteiger partial charge in [0.25, 0.3) is 5.56 Å². The maximum absolute atomic E-state index is 12.8. The number of aromatic nitrogens is 4. The number of anilines is 1. The zero-order chi connectivity index (χ0) is 22.0. The number of H-pyrrole nitrogens is 1. The van der Waals surface area contributed by atoms with E-state index in [2.05, 4.69) is 15.0 Å². The lowest BCUT2D eigenvalue weighted by Crippen LogP contribution is -2.36. The van der Waals surface area contributed by atoms with Crippen molar-refractivity contribution in [1.29, 1.82) is 0 Å². The Hall–Kier alpha value is -3.24. The first-order valence-corrected chi connectivity index (χ1v) is 11.4. The maximum Gasteiger partial charge on any atom is 0.329 e. The van der Waals surface area contributed by atoms with E-state index in [1.165, 1.54) is 22.7 Å². The molecule has 0 amide bonds. The zero-order valence-corrected chi connectivity index (χ0v) is 18.3. The molecule has 8 nitrogen and oxygen atoms in total. The molecule has 0 fully saturated rings. The van der Waals surface area contributed by atoms with Crippen LogP contribution in [0.4, 0.5) is 5.82 Å². The van der Waals surface area contributed by atoms with Crippen molar-refractivity contribution in [3.05, 3.63) is 69.1 Å². The highest BCUT2D eigenvalue weighted by Crippen LogP contribution is 2.36. The number of carbonyl (C=O) groups is 1. The monoisotopic (exact) mass is 453 g/mol. The summed E-state index contributed by atoms with van der Waals surface area (Å²) >= 11 is 2.76. The van der Waals surface area contributed by atoms with Gasteiger partial charge in [0.15, 0.2) is 5.78 Å². The number of thiophene rings is 1. The molecule has 10 heteroatoms. The van der Waals surface area contributed by atoms with Gasteiger partial charge in [-0.3, -0.25) is 19.1 Å². The predicted molar refractivity (Wildman–Crippen MR) is 124 cm³/mol. The number of Topliss-reactive ketones (excluding diaryl/α,β-unsaturated/α-hetero) is 1. The van der Waals surface area contributed by atoms with Crippen LogP contribution in [0.5, 0.6) is 0 Å². The molecule has 3 N–H and O–H groups in total. The zero-order valence-electron chi connectivity index (χ0n) is 16.6. The Morgan fingerprint density at radius 1 is 1.23 bits per heavy atom. The summed E-state index contributed by atoms with van der Waals surface area (Å²) in [5, 5.41) is 1.50. The standard InChI is InChI=1S/C21H19N5O3S2/c1-2-8-26-17(22)16(18(28)25-21(26)29)14(27)10-30-19-13-9-15(12-6-4-3-5-7-12)31-20(13)24-11-23-19/h3-7,9,11H,2,8,10,22H2,1H3,(H,25,28,29). The van der Waals surface area contributed by atoms with E-state index in [0.29, 0.717) is 18.0 Å². The van der Waals surface area contributed by atoms with E-state index in [1.54, 1.807) is 11.3 Å². The molecule has 0 aliphatic carbocycles. The van der Waals surface area contributed by atoms with Crippen LogP contribution in [0.1, 0.15) is 23.7 Å². The molecule has 1 aromatic carbocycles. The van der Waals surface area contributed by atoms with Crippen molar-refractivity contribution in [3.8, 4) is 10.4 Å². The van der Waals surface area contributed by atoms with Gasteiger partial charge in [0.2, 0.25) is 0 Å². The molecule has 3 heterocycles. The van der Waals surface area contributed by atoms with E-state index < -0.39 is 17.0 Å². The molecule has 31 heavy (non-hydrogen) atoms. The van der Waals surface area contributed by atoms with Crippen molar-refractivity contribution < 1.29 is 4.79 Å². The topological polar surface area (TPSA) is 124 Å². The van der Waals surface area contributed by atoms with Gasteiger partial charge in [0.1, 0.15) is 27.6 Å². The van der Waals surface area contributed by atoms with Crippen molar-refractivity contribution in [2.24, 2.45) is 0 Å². The highest BCUT2D eigenvalue weighted by molar-refractivity contribution is 8.00. The van der Waals surface area contributed by atoms with Gasteiger partial charge in [-0.15, -0.1) is 11.3 Å². The summed E-state index contributed by atoms with van der Waals surface area (Å²) in [7, 11) is 0. The van der Waals surface area contributed by atoms with Crippen LogP contribution in [0, 0.1) is 0 Å². The highest BCUT2D eigenvalue weighted by Gasteiger charge is 2.20. The Balaban J connectivity index is 1.62. The number of rotatable bonds is 7. The van der Waals surface area contributed by atoms with Gasteiger partial charge in [-0.05, 0) is 18.1 Å². The quantitative estimate of drug-likeness (QED) is 0.250. The van der Waals surface area contributed by atoms with Gasteiger partial charge >= 0.3 is 5.69 Å². The molecule has 158 valence electrons. The van der Waals surface area contributed by atoms with Crippen molar-refractivity contribution >= 4 is 44.9 Å². The number of aromatic amines is 1. The Morgan fingerprint density at radius 2 is 2.00 bits per heavy atom. The second kappa shape index (κ2) is 8.86. The number of benzene rings is 1. The summed E-state index contributed by atoms with van der Waals surface area (Å²) < 4.78 is 1.22. The van der Waals surface area contributed by atoms with Crippen LogP contribution in [-0.4, -0.2) is 31.1 Å². The van der Waals surface area contributed by atoms with Crippen molar-refractivity contribution in [2.75, 3.05) is 11.5 Å². The van der Waals surface area contributed by atoms with Crippen LogP contribution in [0.3, 0.4) is 0 Å². The summed E-state index contributed by atoms with van der Waals surface area (Å²) in [6, 6.07) is 12.0. The van der Waals surface area contributed by atoms with E-state index in [-0.39, 0.29) is 17.1 Å². The predicted octanol–water partition coefficient (Wildman–Crippen LogP) is 3.18. The summed E-state index contributed by atoms with van der Waals surface area (Å²) in [5.41, 5.74) is 5.49. The fourth-order valence-electron chi connectivity index (χ4n) is 3.20. The lowest BCUT2D eigenvalue weighted by atomic mass is 10.2. The average molecular weight is 454 g/mol. The van der Waals surface area contributed by atoms with Crippen LogP contribution < -0.4 is 17.0 Å². The van der Waals surface area contributed by atoms with E-state index in [4.69, 9.17) is 5.73 Å². The minimum absolute atomic E-state index is 0.0414. The third kappa shape index (κ3) is 4.17. The Labute approximate surface area is 185 Å². The van der Waals surface area contributed by atoms with Gasteiger partial charge in [0, 0.05) is 16.8 Å². The van der Waals surface area contributed by atoms with Crippen LogP contribution >= 0.6 is 23.1 Å². The molecule has 0 aliphatic rings. The smallest absolute Gasteiger partial charge is 0.329 e. The molecule has 0 aliphatic heterocycles. The van der Waals surface area contributed by atoms with Crippen LogP contribution in [0.15, 0.2) is 57.3 Å². The van der Waals surface area contributed by atoms with E-state index in [0.717, 1.165) is 20.7 Å². The van der Waals surface area contributed by atoms with Gasteiger partial charge in [-0.2, -0.15) is 0 Å². The largest absolute Gasteiger partial charge is 0.384 e. The van der Waals surface area contributed by atoms with E-state index in [1.807, 2.05) is 43.3 Å². The minimum Gasteiger partial charge on any atom is -0.384 e. The number of ketones is 1. The molecule has 0 unspecified atom stereocenters. The summed E-state index contributed by atoms with van der Waals surface area (Å²) in [4.78, 5) is 49.7. The molecule has 4 rings (SSSR count). The van der Waals surface area contributed by atoms with Gasteiger partial charge in [-0.1, -0.05) is 49.0 Å². The first-order chi connectivity index (χ1) is 15.0. The first-order valence-electron chi connectivity index (χ1n) is 9.58. The SMILES string of the molecule is CCCn1c(N)c(C(=O)CSc2ncnc3sc(-c4ccccc4)cc23)c(=O)[nH]c1=O. The third-order valence-corrected chi connectivity index (χ3v) is 6.75. The van der Waals surface area contributed by atoms with Crippen LogP contribution in [-0.2, 0) is 6.54 Å². The van der Waals surface area contributed by atoms with Gasteiger partial charge < -0.3 is 5.73 Å². The number of hydrogen-bond acceptors (Lipinski definition) is 8. The Bertz CT molecular complexity index is 1380. The van der Waals surface area contributed by atoms with Crippen LogP contribution in [0.2, 0.25) is 0 Å². The molecule has 0 saturated carbocycles. The number of nitrogens with two attached hydrogens (primary N) is 1. The summed E-state index contributed by atoms with van der Waals surface area (Å²) in [6.07, 6.45) is 2.10. The molecule has 0 saturated heterocycles. The molecule has 0 bridgehead atoms. The third-order valence-electron chi connectivity index (χ3n) is 4.66. The molecule has 0 spiro atoms. The number of nitrogen functional groups attached to an aromatic ring is 1. The van der Waals surface area contributed by atoms with E-state index >= 15 is 0 Å². The second-order valence-corrected chi connectivity index (χ2v) is 8.75. The number of thioether (sulfide) groups is 1. The molecule has 0 atom stereocenters. The van der Waals surface area contributed by atoms with Crippen molar-refractivity contribution in [2.45, 2.75) is 24.9 Å². The van der Waals surface area contributed by atoms with E-state index in [9.17, 15) is 14.4 Å². The summed E-state index contributed by atoms with van der Waals surface area (Å²) in [6.45, 7) is 2.19. The highest BCUT2D eigenvalue weighted by atomic mass is 32.2. The number of fused-ring (bicyclic) bond motifs is 1. The molecular weight excluding hydrogens is 434 g/mol. The fourth-order valence-corrected chi connectivity index (χ4v) is 5.12. The Morgan fingerprint density at radius 3 is 2.74 bits per heavy atom. The maximum atomic E-state index is 12.8. The normalized spacial score (nSPS) is 11.1. The fraction of sp³-hybridized carbons (Fsp3) is 0.190. The average Bonchev–Trinajstić information content (AvgIpc) is 3.20. The number of carbonyl (C=O) groups excluding carboxylic acids is 1.